The van der Waals surface area contributed by atoms with E-state index in [-0.39, 0.29) is 23.6 Å². The van der Waals surface area contributed by atoms with Crippen LogP contribution in [0, 0.1) is 11.3 Å². The molecule has 1 aliphatic carbocycles. The first-order chi connectivity index (χ1) is 7.66. The second-order valence-corrected chi connectivity index (χ2v) is 5.09. The van der Waals surface area contributed by atoms with Crippen molar-refractivity contribution in [3.63, 3.8) is 0 Å². The van der Waals surface area contributed by atoms with Gasteiger partial charge >= 0.3 is 5.97 Å². The molecule has 2 fully saturated rings. The Bertz CT molecular complexity index is 276. The summed E-state index contributed by atoms with van der Waals surface area (Å²) in [6.45, 7) is 4.10. The van der Waals surface area contributed by atoms with Crippen molar-refractivity contribution in [2.45, 2.75) is 58.2 Å². The Hall–Kier alpha value is -0.570. The van der Waals surface area contributed by atoms with E-state index in [0.29, 0.717) is 5.92 Å². The first-order valence-electron chi connectivity index (χ1n) is 6.40. The Kier molecular flexibility index (Phi) is 3.24. The van der Waals surface area contributed by atoms with Gasteiger partial charge in [0.05, 0.1) is 24.7 Å². The van der Waals surface area contributed by atoms with Crippen LogP contribution in [-0.4, -0.2) is 25.3 Å². The van der Waals surface area contributed by atoms with Crippen molar-refractivity contribution in [2.24, 2.45) is 11.3 Å². The molecule has 1 saturated carbocycles. The summed E-state index contributed by atoms with van der Waals surface area (Å²) in [7, 11) is 1.49. The van der Waals surface area contributed by atoms with Crippen molar-refractivity contribution in [2.75, 3.05) is 7.11 Å². The van der Waals surface area contributed by atoms with Gasteiger partial charge in [-0.05, 0) is 26.2 Å². The van der Waals surface area contributed by atoms with Gasteiger partial charge in [0.1, 0.15) is 0 Å². The van der Waals surface area contributed by atoms with Crippen molar-refractivity contribution in [3.05, 3.63) is 0 Å². The fourth-order valence-corrected chi connectivity index (χ4v) is 3.74. The molecule has 0 aromatic carbocycles. The Balaban J connectivity index is 2.31. The molecule has 4 atom stereocenters. The van der Waals surface area contributed by atoms with Crippen molar-refractivity contribution in [1.29, 1.82) is 0 Å². The minimum absolute atomic E-state index is 0.00181. The van der Waals surface area contributed by atoms with Crippen molar-refractivity contribution in [3.8, 4) is 0 Å². The van der Waals surface area contributed by atoms with Gasteiger partial charge in [-0.2, -0.15) is 0 Å². The minimum Gasteiger partial charge on any atom is -0.469 e. The molecule has 92 valence electrons. The Labute approximate surface area is 97.5 Å². The quantitative estimate of drug-likeness (QED) is 0.679. The van der Waals surface area contributed by atoms with Crippen molar-refractivity contribution < 1.29 is 14.3 Å². The van der Waals surface area contributed by atoms with Crippen LogP contribution in [0.2, 0.25) is 0 Å². The lowest BCUT2D eigenvalue weighted by Crippen LogP contribution is -2.44. The van der Waals surface area contributed by atoms with E-state index in [2.05, 4.69) is 6.92 Å². The second-order valence-electron chi connectivity index (χ2n) is 5.09. The smallest absolute Gasteiger partial charge is 0.314 e. The second kappa shape index (κ2) is 4.36. The highest BCUT2D eigenvalue weighted by Gasteiger charge is 2.58. The molecule has 3 heteroatoms. The van der Waals surface area contributed by atoms with Gasteiger partial charge in [-0.1, -0.05) is 19.8 Å². The van der Waals surface area contributed by atoms with Gasteiger partial charge in [-0.25, -0.2) is 0 Å². The average Bonchev–Trinajstić information content (AvgIpc) is 2.61. The fourth-order valence-electron chi connectivity index (χ4n) is 3.74. The molecular formula is C13H22O3. The number of ether oxygens (including phenoxy) is 2. The molecule has 3 nitrogen and oxygen atoms in total. The van der Waals surface area contributed by atoms with Crippen LogP contribution in [0.1, 0.15) is 46.0 Å². The standard InChI is InChI=1S/C13H22O3/c1-4-13(12(14)15-3)9(2)16-11-8-6-5-7-10(11)13/h9-11H,4-8H2,1-3H3/t9-,10?,11?,13-/m1/s1. The van der Waals surface area contributed by atoms with E-state index in [1.165, 1.54) is 20.0 Å². The summed E-state index contributed by atoms with van der Waals surface area (Å²) < 4.78 is 11.0. The number of carbonyl (C=O) groups excluding carboxylic acids is 1. The maximum absolute atomic E-state index is 12.1. The minimum atomic E-state index is -0.389. The normalized spacial score (nSPS) is 42.8. The lowest BCUT2D eigenvalue weighted by atomic mass is 9.65. The zero-order chi connectivity index (χ0) is 11.8. The van der Waals surface area contributed by atoms with Crippen LogP contribution in [0.4, 0.5) is 0 Å². The molecule has 1 saturated heterocycles. The predicted molar refractivity (Wildman–Crippen MR) is 61.0 cm³/mol. The first-order valence-corrected chi connectivity index (χ1v) is 6.40. The summed E-state index contributed by atoms with van der Waals surface area (Å²) in [6, 6.07) is 0. The third-order valence-corrected chi connectivity index (χ3v) is 4.62. The summed E-state index contributed by atoms with van der Waals surface area (Å²) in [5.74, 6) is 0.297. The van der Waals surface area contributed by atoms with Crippen LogP contribution in [-0.2, 0) is 14.3 Å². The third-order valence-electron chi connectivity index (χ3n) is 4.62. The predicted octanol–water partition coefficient (Wildman–Crippen LogP) is 2.53. The number of rotatable bonds is 2. The summed E-state index contributed by atoms with van der Waals surface area (Å²) in [4.78, 5) is 12.1. The molecule has 16 heavy (non-hydrogen) atoms. The van der Waals surface area contributed by atoms with Crippen molar-refractivity contribution >= 4 is 5.97 Å². The lowest BCUT2D eigenvalue weighted by molar-refractivity contribution is -0.158. The first kappa shape index (κ1) is 11.9. The largest absolute Gasteiger partial charge is 0.469 e. The summed E-state index contributed by atoms with van der Waals surface area (Å²) >= 11 is 0. The van der Waals surface area contributed by atoms with Crippen LogP contribution >= 0.6 is 0 Å². The highest BCUT2D eigenvalue weighted by atomic mass is 16.5. The fraction of sp³-hybridized carbons (Fsp3) is 0.923. The van der Waals surface area contributed by atoms with Gasteiger partial charge in [0, 0.05) is 5.92 Å². The molecule has 0 aromatic rings. The molecule has 0 N–H and O–H groups in total. The Morgan fingerprint density at radius 3 is 2.75 bits per heavy atom. The SMILES string of the molecule is CC[C@]1(C(=O)OC)C2CCCCC2O[C@@H]1C. The molecule has 0 aromatic heterocycles. The Morgan fingerprint density at radius 2 is 2.12 bits per heavy atom. The molecule has 2 rings (SSSR count). The van der Waals surface area contributed by atoms with Gasteiger partial charge in [0.15, 0.2) is 0 Å². The molecular weight excluding hydrogens is 204 g/mol. The van der Waals surface area contributed by atoms with E-state index < -0.39 is 0 Å². The van der Waals surface area contributed by atoms with Crippen molar-refractivity contribution in [1.82, 2.24) is 0 Å². The molecule has 0 radical (unpaired) electrons. The average molecular weight is 226 g/mol. The maximum Gasteiger partial charge on any atom is 0.314 e. The molecule has 0 bridgehead atoms. The van der Waals surface area contributed by atoms with Gasteiger partial charge < -0.3 is 9.47 Å². The molecule has 0 spiro atoms. The zero-order valence-corrected chi connectivity index (χ0v) is 10.5. The van der Waals surface area contributed by atoms with Gasteiger partial charge in [-0.3, -0.25) is 4.79 Å². The van der Waals surface area contributed by atoms with Gasteiger partial charge in [0.2, 0.25) is 0 Å². The molecule has 1 aliphatic heterocycles. The van der Waals surface area contributed by atoms with Crippen LogP contribution in [0.5, 0.6) is 0 Å². The van der Waals surface area contributed by atoms with E-state index in [0.717, 1.165) is 19.3 Å². The van der Waals surface area contributed by atoms with E-state index in [4.69, 9.17) is 9.47 Å². The van der Waals surface area contributed by atoms with E-state index >= 15 is 0 Å². The number of methoxy groups -OCH3 is 1. The monoisotopic (exact) mass is 226 g/mol. The van der Waals surface area contributed by atoms with Crippen LogP contribution < -0.4 is 0 Å². The van der Waals surface area contributed by atoms with Crippen LogP contribution in [0.3, 0.4) is 0 Å². The van der Waals surface area contributed by atoms with Crippen LogP contribution in [0.15, 0.2) is 0 Å². The number of hydrogen-bond acceptors (Lipinski definition) is 3. The molecule has 1 heterocycles. The van der Waals surface area contributed by atoms with E-state index in [1.807, 2.05) is 6.92 Å². The zero-order valence-electron chi connectivity index (χ0n) is 10.5. The summed E-state index contributed by atoms with van der Waals surface area (Å²) in [5, 5.41) is 0. The molecule has 2 aliphatic rings. The highest BCUT2D eigenvalue weighted by Crippen LogP contribution is 2.52. The molecule has 0 amide bonds. The number of fused-ring (bicyclic) bond motifs is 1. The lowest BCUT2D eigenvalue weighted by Gasteiger charge is -2.36. The van der Waals surface area contributed by atoms with Gasteiger partial charge in [-0.15, -0.1) is 0 Å². The number of carbonyl (C=O) groups is 1. The van der Waals surface area contributed by atoms with E-state index in [9.17, 15) is 4.79 Å². The topological polar surface area (TPSA) is 35.5 Å². The third kappa shape index (κ3) is 1.48. The van der Waals surface area contributed by atoms with Gasteiger partial charge in [0.25, 0.3) is 0 Å². The number of hydrogen-bond donors (Lipinski definition) is 0. The summed E-state index contributed by atoms with van der Waals surface area (Å²) in [6.07, 6.45) is 5.76. The maximum atomic E-state index is 12.1. The summed E-state index contributed by atoms with van der Waals surface area (Å²) in [5.41, 5.74) is -0.389. The Morgan fingerprint density at radius 1 is 1.44 bits per heavy atom. The van der Waals surface area contributed by atoms with Crippen LogP contribution in [0.25, 0.3) is 0 Å². The highest BCUT2D eigenvalue weighted by molar-refractivity contribution is 5.78. The molecule has 2 unspecified atom stereocenters. The van der Waals surface area contributed by atoms with E-state index in [1.54, 1.807) is 0 Å². The number of esters is 1.